The van der Waals surface area contributed by atoms with Crippen LogP contribution in [0.3, 0.4) is 0 Å². The lowest BCUT2D eigenvalue weighted by molar-refractivity contribution is 0.0988. The lowest BCUT2D eigenvalue weighted by Gasteiger charge is -2.22. The Morgan fingerprint density at radius 3 is 1.79 bits per heavy atom. The number of nitrogens with one attached hydrogen (secondary N) is 1. The molecule has 0 unspecified atom stereocenters. The zero-order valence-corrected chi connectivity index (χ0v) is 16.5. The van der Waals surface area contributed by atoms with Crippen molar-refractivity contribution in [3.8, 4) is 0 Å². The van der Waals surface area contributed by atoms with Gasteiger partial charge in [-0.05, 0) is 18.2 Å². The molecule has 1 aliphatic carbocycles. The number of Topliss-reactive ketones (excluding diaryl/α,β-unsaturated/α-hetero) is 2. The molecule has 0 fully saturated rings. The van der Waals surface area contributed by atoms with Crippen molar-refractivity contribution in [2.45, 2.75) is 4.90 Å². The first-order valence-corrected chi connectivity index (χ1v) is 10.5. The topological polar surface area (TPSA) is 80.3 Å². The summed E-state index contributed by atoms with van der Waals surface area (Å²) in [4.78, 5) is 26.4. The molecule has 0 saturated carbocycles. The van der Waals surface area contributed by atoms with Gasteiger partial charge in [-0.15, -0.1) is 0 Å². The highest BCUT2D eigenvalue weighted by Gasteiger charge is 2.35. The Morgan fingerprint density at radius 1 is 0.655 bits per heavy atom. The van der Waals surface area contributed by atoms with Crippen molar-refractivity contribution in [3.63, 3.8) is 0 Å². The second-order valence-corrected chi connectivity index (χ2v) is 8.44. The molecule has 0 aromatic heterocycles. The second kappa shape index (κ2) is 7.31. The Hall–Kier alpha value is -3.22. The fourth-order valence-corrected chi connectivity index (χ4v) is 4.51. The number of fused-ring (bicyclic) bond motifs is 1. The van der Waals surface area contributed by atoms with Crippen molar-refractivity contribution >= 4 is 38.8 Å². The molecule has 0 spiro atoms. The van der Waals surface area contributed by atoms with Gasteiger partial charge in [0, 0.05) is 21.7 Å². The van der Waals surface area contributed by atoms with E-state index in [2.05, 4.69) is 4.72 Å². The van der Waals surface area contributed by atoms with Crippen molar-refractivity contribution in [1.29, 1.82) is 0 Å². The minimum absolute atomic E-state index is 0.0230. The molecule has 5 nitrogen and oxygen atoms in total. The number of halogens is 1. The third-order valence-electron chi connectivity index (χ3n) is 4.55. The van der Waals surface area contributed by atoms with Crippen LogP contribution in [0, 0.1) is 0 Å². The number of hydrogen-bond acceptors (Lipinski definition) is 4. The first-order valence-electron chi connectivity index (χ1n) is 8.65. The Morgan fingerprint density at radius 2 is 1.17 bits per heavy atom. The Labute approximate surface area is 172 Å². The molecule has 29 heavy (non-hydrogen) atoms. The van der Waals surface area contributed by atoms with Gasteiger partial charge in [-0.2, -0.15) is 0 Å². The van der Waals surface area contributed by atoms with Crippen LogP contribution >= 0.6 is 11.6 Å². The summed E-state index contributed by atoms with van der Waals surface area (Å²) in [5.74, 6) is -1.06. The van der Waals surface area contributed by atoms with Gasteiger partial charge in [0.05, 0.1) is 10.5 Å². The van der Waals surface area contributed by atoms with E-state index < -0.39 is 21.6 Å². The molecule has 0 heterocycles. The molecular formula is C22H14ClNO4S. The van der Waals surface area contributed by atoms with Crippen LogP contribution in [0.1, 0.15) is 26.3 Å². The van der Waals surface area contributed by atoms with E-state index in [1.54, 1.807) is 54.6 Å². The van der Waals surface area contributed by atoms with Crippen LogP contribution in [0.4, 0.5) is 0 Å². The molecule has 0 amide bonds. The van der Waals surface area contributed by atoms with E-state index in [0.29, 0.717) is 0 Å². The smallest absolute Gasteiger partial charge is 0.262 e. The average Bonchev–Trinajstić information content (AvgIpc) is 2.73. The highest BCUT2D eigenvalue weighted by Crippen LogP contribution is 2.35. The predicted octanol–water partition coefficient (Wildman–Crippen LogP) is 4.11. The lowest BCUT2D eigenvalue weighted by atomic mass is 9.84. The molecule has 4 rings (SSSR count). The van der Waals surface area contributed by atoms with Gasteiger partial charge in [-0.3, -0.25) is 14.3 Å². The molecule has 144 valence electrons. The molecular weight excluding hydrogens is 410 g/mol. The van der Waals surface area contributed by atoms with E-state index in [4.69, 9.17) is 11.6 Å². The lowest BCUT2D eigenvalue weighted by Crippen LogP contribution is -2.33. The SMILES string of the molecule is O=C1C(NS(=O)(=O)c2ccccc2)=C(c2ccccc2Cl)C(=O)c2ccccc21. The number of hydrogen-bond donors (Lipinski definition) is 1. The summed E-state index contributed by atoms with van der Waals surface area (Å²) in [6.07, 6.45) is 0. The molecule has 3 aromatic carbocycles. The zero-order valence-electron chi connectivity index (χ0n) is 14.9. The molecule has 1 N–H and O–H groups in total. The van der Waals surface area contributed by atoms with Crippen LogP contribution in [0.25, 0.3) is 5.57 Å². The molecule has 0 atom stereocenters. The van der Waals surface area contributed by atoms with E-state index in [1.807, 2.05) is 0 Å². The minimum atomic E-state index is -4.10. The third-order valence-corrected chi connectivity index (χ3v) is 6.25. The summed E-state index contributed by atoms with van der Waals surface area (Å²) < 4.78 is 28.1. The fourth-order valence-electron chi connectivity index (χ4n) is 3.19. The van der Waals surface area contributed by atoms with E-state index >= 15 is 0 Å². The fraction of sp³-hybridized carbons (Fsp3) is 0. The van der Waals surface area contributed by atoms with Gasteiger partial charge >= 0.3 is 0 Å². The van der Waals surface area contributed by atoms with Crippen LogP contribution in [0.15, 0.2) is 89.5 Å². The summed E-state index contributed by atoms with van der Waals surface area (Å²) in [6, 6.07) is 20.4. The predicted molar refractivity (Wildman–Crippen MR) is 110 cm³/mol. The molecule has 0 aliphatic heterocycles. The summed E-state index contributed by atoms with van der Waals surface area (Å²) in [6.45, 7) is 0. The second-order valence-electron chi connectivity index (χ2n) is 6.35. The molecule has 1 aliphatic rings. The van der Waals surface area contributed by atoms with Crippen molar-refractivity contribution in [2.75, 3.05) is 0 Å². The molecule has 0 saturated heterocycles. The first kappa shape index (κ1) is 19.1. The normalized spacial score (nSPS) is 14.0. The monoisotopic (exact) mass is 423 g/mol. The number of sulfonamides is 1. The Kier molecular flexibility index (Phi) is 4.82. The van der Waals surface area contributed by atoms with Gasteiger partial charge < -0.3 is 0 Å². The highest BCUT2D eigenvalue weighted by atomic mass is 35.5. The van der Waals surface area contributed by atoms with Gasteiger partial charge in [0.2, 0.25) is 5.78 Å². The molecule has 7 heteroatoms. The Balaban J connectivity index is 1.95. The van der Waals surface area contributed by atoms with Gasteiger partial charge in [0.1, 0.15) is 5.70 Å². The van der Waals surface area contributed by atoms with E-state index in [0.717, 1.165) is 0 Å². The first-order chi connectivity index (χ1) is 13.9. The van der Waals surface area contributed by atoms with Crippen LogP contribution in [0.2, 0.25) is 5.02 Å². The maximum absolute atomic E-state index is 13.2. The quantitative estimate of drug-likeness (QED) is 0.684. The van der Waals surface area contributed by atoms with E-state index in [9.17, 15) is 18.0 Å². The van der Waals surface area contributed by atoms with E-state index in [1.165, 1.54) is 24.3 Å². The molecule has 0 radical (unpaired) electrons. The molecule has 3 aromatic rings. The van der Waals surface area contributed by atoms with Crippen LogP contribution in [-0.4, -0.2) is 20.0 Å². The zero-order chi connectivity index (χ0) is 20.6. The number of allylic oxidation sites excluding steroid dienone is 2. The number of rotatable bonds is 4. The standard InChI is InChI=1S/C22H14ClNO4S/c23-18-13-7-6-12-17(18)19-20(24-29(27,28)14-8-2-1-3-9-14)22(26)16-11-5-4-10-15(16)21(19)25/h1-13,24H. The van der Waals surface area contributed by atoms with Crippen molar-refractivity contribution in [3.05, 3.63) is 106 Å². The van der Waals surface area contributed by atoms with Gasteiger partial charge in [-0.25, -0.2) is 8.42 Å². The van der Waals surface area contributed by atoms with Crippen LogP contribution in [0.5, 0.6) is 0 Å². The summed E-state index contributed by atoms with van der Waals surface area (Å²) >= 11 is 6.28. The molecule has 0 bridgehead atoms. The summed E-state index contributed by atoms with van der Waals surface area (Å²) in [7, 11) is -4.10. The summed E-state index contributed by atoms with van der Waals surface area (Å²) in [5, 5.41) is 0.236. The number of ketones is 2. The van der Waals surface area contributed by atoms with E-state index in [-0.39, 0.29) is 37.9 Å². The number of carbonyl (C=O) groups excluding carboxylic acids is 2. The van der Waals surface area contributed by atoms with Crippen molar-refractivity contribution in [2.24, 2.45) is 0 Å². The Bertz CT molecular complexity index is 1280. The maximum atomic E-state index is 13.2. The van der Waals surface area contributed by atoms with Gasteiger partial charge in [-0.1, -0.05) is 72.3 Å². The van der Waals surface area contributed by atoms with Crippen LogP contribution < -0.4 is 4.72 Å². The summed E-state index contributed by atoms with van der Waals surface area (Å²) in [5.41, 5.74) is 0.242. The van der Waals surface area contributed by atoms with Crippen molar-refractivity contribution in [1.82, 2.24) is 4.72 Å². The maximum Gasteiger partial charge on any atom is 0.262 e. The van der Waals surface area contributed by atoms with Crippen molar-refractivity contribution < 1.29 is 18.0 Å². The number of carbonyl (C=O) groups is 2. The minimum Gasteiger partial charge on any atom is -0.288 e. The van der Waals surface area contributed by atoms with Gasteiger partial charge in [0.25, 0.3) is 10.0 Å². The number of benzene rings is 3. The van der Waals surface area contributed by atoms with Gasteiger partial charge in [0.15, 0.2) is 5.78 Å². The third kappa shape index (κ3) is 3.37. The average molecular weight is 424 g/mol. The highest BCUT2D eigenvalue weighted by molar-refractivity contribution is 7.89. The largest absolute Gasteiger partial charge is 0.288 e. The van der Waals surface area contributed by atoms with Crippen LogP contribution in [-0.2, 0) is 10.0 Å².